The molecule has 0 aromatic heterocycles. The van der Waals surface area contributed by atoms with Crippen LogP contribution in [0.2, 0.25) is 0 Å². The van der Waals surface area contributed by atoms with Crippen LogP contribution in [-0.2, 0) is 32.9 Å². The van der Waals surface area contributed by atoms with Gasteiger partial charge in [-0.25, -0.2) is 0 Å². The van der Waals surface area contributed by atoms with Crippen molar-refractivity contribution in [1.82, 2.24) is 0 Å². The summed E-state index contributed by atoms with van der Waals surface area (Å²) in [6.07, 6.45) is 5.92. The molecule has 1 fully saturated rings. The molecular formula is C6H13MoO2PS2. The van der Waals surface area contributed by atoms with Crippen molar-refractivity contribution in [3.63, 3.8) is 0 Å². The summed E-state index contributed by atoms with van der Waals surface area (Å²) in [7, 11) is 0. The van der Waals surface area contributed by atoms with Gasteiger partial charge < -0.3 is 9.79 Å². The van der Waals surface area contributed by atoms with E-state index in [0.29, 0.717) is 5.25 Å². The fraction of sp³-hybridized carbons (Fsp3) is 1.00. The van der Waals surface area contributed by atoms with Crippen LogP contribution in [0.25, 0.3) is 0 Å². The van der Waals surface area contributed by atoms with Crippen LogP contribution in [-0.4, -0.2) is 15.0 Å². The van der Waals surface area contributed by atoms with Gasteiger partial charge in [-0.15, -0.1) is 0 Å². The van der Waals surface area contributed by atoms with E-state index in [1.807, 2.05) is 0 Å². The zero-order chi connectivity index (χ0) is 8.32. The first-order valence-corrected chi connectivity index (χ1v) is 8.01. The summed E-state index contributed by atoms with van der Waals surface area (Å²) < 4.78 is 0. The van der Waals surface area contributed by atoms with Gasteiger partial charge in [0, 0.05) is 26.3 Å². The Bertz CT molecular complexity index is 167. The summed E-state index contributed by atoms with van der Waals surface area (Å²) in [5, 5.41) is 0.407. The molecule has 0 atom stereocenters. The summed E-state index contributed by atoms with van der Waals surface area (Å²) in [4.78, 5) is 18.0. The van der Waals surface area contributed by atoms with Crippen LogP contribution in [0.4, 0.5) is 0 Å². The molecule has 2 N–H and O–H groups in total. The molecule has 1 saturated carbocycles. The predicted molar refractivity (Wildman–Crippen MR) is 53.2 cm³/mol. The average molecular weight is 308 g/mol. The van der Waals surface area contributed by atoms with E-state index in [2.05, 4.69) is 11.8 Å². The topological polar surface area (TPSA) is 40.5 Å². The van der Waals surface area contributed by atoms with Crippen molar-refractivity contribution in [1.29, 1.82) is 0 Å². The molecule has 1 aliphatic rings. The van der Waals surface area contributed by atoms with Gasteiger partial charge >= 0.3 is 0 Å². The smallest absolute Gasteiger partial charge is 0.242 e. The Morgan fingerprint density at radius 2 is 1.67 bits per heavy atom. The van der Waals surface area contributed by atoms with Gasteiger partial charge in [0.15, 0.2) is 0 Å². The van der Waals surface area contributed by atoms with Gasteiger partial charge in [0.2, 0.25) is 5.69 Å². The van der Waals surface area contributed by atoms with Crippen molar-refractivity contribution in [2.75, 3.05) is 0 Å². The van der Waals surface area contributed by atoms with E-state index >= 15 is 0 Å². The number of hydrogen-bond donors (Lipinski definition) is 2. The van der Waals surface area contributed by atoms with Crippen LogP contribution in [0.5, 0.6) is 0 Å². The largest absolute Gasteiger partial charge is 0.338 e. The Balaban J connectivity index is 0.00000121. The van der Waals surface area contributed by atoms with Gasteiger partial charge in [-0.05, 0) is 24.6 Å². The van der Waals surface area contributed by atoms with Crippen LogP contribution in [0.3, 0.4) is 0 Å². The SMILES string of the molecule is OP(O)(=S)SC1CCCCC1.[Mo]. The molecule has 72 valence electrons. The second kappa shape index (κ2) is 6.16. The fourth-order valence-electron chi connectivity index (χ4n) is 1.36. The van der Waals surface area contributed by atoms with Crippen molar-refractivity contribution in [3.8, 4) is 0 Å². The molecule has 0 unspecified atom stereocenters. The number of rotatable bonds is 2. The van der Waals surface area contributed by atoms with Crippen molar-refractivity contribution in [2.24, 2.45) is 0 Å². The van der Waals surface area contributed by atoms with Crippen LogP contribution in [0.15, 0.2) is 0 Å². The van der Waals surface area contributed by atoms with E-state index in [1.54, 1.807) is 0 Å². The molecule has 6 heteroatoms. The van der Waals surface area contributed by atoms with E-state index in [1.165, 1.54) is 30.6 Å². The molecule has 0 bridgehead atoms. The maximum Gasteiger partial charge on any atom is 0.242 e. The molecular weight excluding hydrogens is 295 g/mol. The van der Waals surface area contributed by atoms with E-state index in [9.17, 15) is 0 Å². The second-order valence-electron chi connectivity index (χ2n) is 2.86. The fourth-order valence-corrected chi connectivity index (χ4v) is 5.19. The van der Waals surface area contributed by atoms with E-state index < -0.39 is 5.69 Å². The summed E-state index contributed by atoms with van der Waals surface area (Å²) >= 11 is 5.77. The summed E-state index contributed by atoms with van der Waals surface area (Å²) in [6.45, 7) is 0. The zero-order valence-corrected chi connectivity index (χ0v) is 11.2. The number of hydrogen-bond acceptors (Lipinski definition) is 2. The third kappa shape index (κ3) is 6.12. The Kier molecular flexibility index (Phi) is 6.99. The normalized spacial score (nSPS) is 20.2. The monoisotopic (exact) mass is 310 g/mol. The first-order chi connectivity index (χ1) is 5.08. The third-order valence-corrected chi connectivity index (χ3v) is 5.38. The Morgan fingerprint density at radius 1 is 1.17 bits per heavy atom. The summed E-state index contributed by atoms with van der Waals surface area (Å²) in [6, 6.07) is 0. The molecule has 12 heavy (non-hydrogen) atoms. The first kappa shape index (κ1) is 13.6. The quantitative estimate of drug-likeness (QED) is 0.606. The minimum Gasteiger partial charge on any atom is -0.338 e. The Labute approximate surface area is 96.7 Å². The van der Waals surface area contributed by atoms with E-state index in [-0.39, 0.29) is 21.1 Å². The molecule has 0 saturated heterocycles. The molecule has 0 aromatic carbocycles. The van der Waals surface area contributed by atoms with Gasteiger partial charge in [0.1, 0.15) is 0 Å². The minimum atomic E-state index is -2.98. The Hall–Kier alpha value is 1.61. The standard InChI is InChI=1S/C6H13O2PS2.Mo/c7-9(8,10)11-6-4-2-1-3-5-6;/h6H,1-5H2,(H2,7,8,10);. The molecule has 1 aliphatic carbocycles. The maximum atomic E-state index is 9.01. The molecule has 0 amide bonds. The molecule has 0 aliphatic heterocycles. The van der Waals surface area contributed by atoms with Crippen LogP contribution in [0, 0.1) is 0 Å². The van der Waals surface area contributed by atoms with Crippen molar-refractivity contribution < 1.29 is 30.9 Å². The second-order valence-corrected chi connectivity index (χ2v) is 9.10. The minimum absolute atomic E-state index is 0. The van der Waals surface area contributed by atoms with Crippen molar-refractivity contribution >= 4 is 28.9 Å². The Morgan fingerprint density at radius 3 is 2.08 bits per heavy atom. The van der Waals surface area contributed by atoms with Crippen molar-refractivity contribution in [2.45, 2.75) is 37.4 Å². The molecule has 0 heterocycles. The van der Waals surface area contributed by atoms with E-state index in [0.717, 1.165) is 12.8 Å². The summed E-state index contributed by atoms with van der Waals surface area (Å²) in [5.74, 6) is 0. The van der Waals surface area contributed by atoms with Crippen molar-refractivity contribution in [3.05, 3.63) is 0 Å². The molecule has 0 aromatic rings. The van der Waals surface area contributed by atoms with Crippen LogP contribution in [0.1, 0.15) is 32.1 Å². The molecule has 2 nitrogen and oxygen atoms in total. The van der Waals surface area contributed by atoms with Gasteiger partial charge in [-0.2, -0.15) is 0 Å². The third-order valence-electron chi connectivity index (χ3n) is 1.84. The van der Waals surface area contributed by atoms with Gasteiger partial charge in [-0.3, -0.25) is 0 Å². The zero-order valence-electron chi connectivity index (χ0n) is 6.68. The van der Waals surface area contributed by atoms with Gasteiger partial charge in [-0.1, -0.05) is 30.6 Å². The van der Waals surface area contributed by atoms with Crippen LogP contribution >= 0.6 is 17.1 Å². The predicted octanol–water partition coefficient (Wildman–Crippen LogP) is 2.26. The molecule has 0 radical (unpaired) electrons. The summed E-state index contributed by atoms with van der Waals surface area (Å²) in [5.41, 5.74) is -2.98. The average Bonchev–Trinajstić information content (AvgIpc) is 1.85. The van der Waals surface area contributed by atoms with Gasteiger partial charge in [0.05, 0.1) is 0 Å². The van der Waals surface area contributed by atoms with E-state index in [4.69, 9.17) is 9.79 Å². The first-order valence-electron chi connectivity index (χ1n) is 3.82. The molecule has 1 rings (SSSR count). The van der Waals surface area contributed by atoms with Gasteiger partial charge in [0.25, 0.3) is 0 Å². The maximum absolute atomic E-state index is 9.01. The van der Waals surface area contributed by atoms with Crippen LogP contribution < -0.4 is 0 Å². The molecule has 0 spiro atoms.